The van der Waals surface area contributed by atoms with Crippen molar-refractivity contribution in [3.8, 4) is 11.6 Å². The molecule has 0 atom stereocenters. The number of carboxylic acid groups (broad SMARTS) is 1. The molecule has 1 heterocycles. The van der Waals surface area contributed by atoms with Gasteiger partial charge >= 0.3 is 11.7 Å². The number of aromatic carboxylic acids is 1. The monoisotopic (exact) mass is 308 g/mol. The molecule has 0 aliphatic heterocycles. The zero-order valence-electron chi connectivity index (χ0n) is 10.7. The molecule has 8 heteroatoms. The van der Waals surface area contributed by atoms with Gasteiger partial charge < -0.3 is 9.84 Å². The van der Waals surface area contributed by atoms with Gasteiger partial charge in [-0.15, -0.1) is 0 Å². The smallest absolute Gasteiger partial charge is 0.339 e. The highest BCUT2D eigenvalue weighted by Gasteiger charge is 2.22. The lowest BCUT2D eigenvalue weighted by Gasteiger charge is -2.10. The van der Waals surface area contributed by atoms with Gasteiger partial charge in [0.2, 0.25) is 0 Å². The van der Waals surface area contributed by atoms with Gasteiger partial charge in [0.1, 0.15) is 11.3 Å². The second kappa shape index (κ2) is 5.76. The summed E-state index contributed by atoms with van der Waals surface area (Å²) in [5, 5.41) is 20.2. The first-order valence-electron chi connectivity index (χ1n) is 5.71. The highest BCUT2D eigenvalue weighted by Crippen LogP contribution is 2.34. The van der Waals surface area contributed by atoms with Crippen molar-refractivity contribution in [2.75, 3.05) is 0 Å². The number of nitro groups is 1. The third-order valence-corrected chi connectivity index (χ3v) is 2.84. The van der Waals surface area contributed by atoms with Gasteiger partial charge in [0, 0.05) is 6.07 Å². The van der Waals surface area contributed by atoms with Crippen LogP contribution in [-0.2, 0) is 0 Å². The Hall–Kier alpha value is -2.67. The average Bonchev–Trinajstić information content (AvgIpc) is 2.42. The predicted molar refractivity (Wildman–Crippen MR) is 74.1 cm³/mol. The standard InChI is InChI=1S/C13H9ClN2O5/c1-7-3-2-4-9(13(17)18)11(7)21-12-10(16(19)20)5-8(14)6-15-12/h2-6H,1H3,(H,17,18). The van der Waals surface area contributed by atoms with E-state index in [1.807, 2.05) is 0 Å². The number of carbonyl (C=O) groups is 1. The maximum absolute atomic E-state index is 11.2. The quantitative estimate of drug-likeness (QED) is 0.685. The summed E-state index contributed by atoms with van der Waals surface area (Å²) in [5.41, 5.74) is -0.0379. The summed E-state index contributed by atoms with van der Waals surface area (Å²) in [7, 11) is 0. The van der Waals surface area contributed by atoms with E-state index in [4.69, 9.17) is 21.4 Å². The molecule has 21 heavy (non-hydrogen) atoms. The lowest BCUT2D eigenvalue weighted by molar-refractivity contribution is -0.386. The molecular formula is C13H9ClN2O5. The Morgan fingerprint density at radius 3 is 2.81 bits per heavy atom. The molecule has 1 aromatic carbocycles. The molecule has 0 radical (unpaired) electrons. The van der Waals surface area contributed by atoms with Crippen LogP contribution in [0, 0.1) is 17.0 Å². The Labute approximate surface area is 123 Å². The number of ether oxygens (including phenoxy) is 1. The maximum Gasteiger partial charge on any atom is 0.339 e. The molecule has 0 amide bonds. The third kappa shape index (κ3) is 3.09. The summed E-state index contributed by atoms with van der Waals surface area (Å²) >= 11 is 5.66. The Morgan fingerprint density at radius 2 is 2.19 bits per heavy atom. The first kappa shape index (κ1) is 14.7. The fraction of sp³-hybridized carbons (Fsp3) is 0.0769. The zero-order chi connectivity index (χ0) is 15.6. The van der Waals surface area contributed by atoms with Crippen LogP contribution >= 0.6 is 11.6 Å². The van der Waals surface area contributed by atoms with Gasteiger partial charge in [-0.05, 0) is 18.6 Å². The first-order valence-corrected chi connectivity index (χ1v) is 6.08. The number of hydrogen-bond donors (Lipinski definition) is 1. The topological polar surface area (TPSA) is 103 Å². The summed E-state index contributed by atoms with van der Waals surface area (Å²) in [6.07, 6.45) is 1.18. The van der Waals surface area contributed by atoms with Gasteiger partial charge in [0.25, 0.3) is 5.88 Å². The van der Waals surface area contributed by atoms with E-state index in [1.54, 1.807) is 19.1 Å². The third-order valence-electron chi connectivity index (χ3n) is 2.64. The second-order valence-corrected chi connectivity index (χ2v) is 4.53. The SMILES string of the molecule is Cc1cccc(C(=O)O)c1Oc1ncc(Cl)cc1[N+](=O)[O-]. The molecule has 1 aromatic heterocycles. The van der Waals surface area contributed by atoms with E-state index < -0.39 is 16.6 Å². The highest BCUT2D eigenvalue weighted by molar-refractivity contribution is 6.30. The Balaban J connectivity index is 2.53. The van der Waals surface area contributed by atoms with E-state index in [9.17, 15) is 14.9 Å². The van der Waals surface area contributed by atoms with Crippen LogP contribution in [0.1, 0.15) is 15.9 Å². The normalized spacial score (nSPS) is 10.2. The van der Waals surface area contributed by atoms with Crippen molar-refractivity contribution in [1.82, 2.24) is 4.98 Å². The van der Waals surface area contributed by atoms with Crippen molar-refractivity contribution in [3.63, 3.8) is 0 Å². The van der Waals surface area contributed by atoms with E-state index in [1.165, 1.54) is 12.3 Å². The Kier molecular flexibility index (Phi) is 4.04. The van der Waals surface area contributed by atoms with Crippen molar-refractivity contribution in [1.29, 1.82) is 0 Å². The predicted octanol–water partition coefficient (Wildman–Crippen LogP) is 3.44. The summed E-state index contributed by atoms with van der Waals surface area (Å²) < 4.78 is 5.36. The number of hydrogen-bond acceptors (Lipinski definition) is 5. The van der Waals surface area contributed by atoms with E-state index in [0.29, 0.717) is 5.56 Å². The molecule has 0 aliphatic carbocycles. The number of pyridine rings is 1. The number of halogens is 1. The first-order chi connectivity index (χ1) is 9.90. The van der Waals surface area contributed by atoms with Crippen LogP contribution in [0.4, 0.5) is 5.69 Å². The Bertz CT molecular complexity index is 732. The molecule has 7 nitrogen and oxygen atoms in total. The van der Waals surface area contributed by atoms with Gasteiger partial charge in [0.05, 0.1) is 16.1 Å². The van der Waals surface area contributed by atoms with Crippen molar-refractivity contribution >= 4 is 23.3 Å². The largest absolute Gasteiger partial charge is 0.478 e. The van der Waals surface area contributed by atoms with Crippen molar-refractivity contribution < 1.29 is 19.6 Å². The zero-order valence-corrected chi connectivity index (χ0v) is 11.5. The van der Waals surface area contributed by atoms with E-state index in [2.05, 4.69) is 4.98 Å². The van der Waals surface area contributed by atoms with Gasteiger partial charge in [-0.2, -0.15) is 0 Å². The van der Waals surface area contributed by atoms with Crippen LogP contribution in [0.15, 0.2) is 30.5 Å². The molecule has 0 bridgehead atoms. The number of para-hydroxylation sites is 1. The fourth-order valence-electron chi connectivity index (χ4n) is 1.68. The summed E-state index contributed by atoms with van der Waals surface area (Å²) in [6, 6.07) is 5.61. The molecule has 108 valence electrons. The van der Waals surface area contributed by atoms with Gasteiger partial charge in [0.15, 0.2) is 0 Å². The van der Waals surface area contributed by atoms with Crippen molar-refractivity contribution in [2.24, 2.45) is 0 Å². The van der Waals surface area contributed by atoms with Gasteiger partial charge in [-0.1, -0.05) is 23.7 Å². The van der Waals surface area contributed by atoms with Crippen molar-refractivity contribution in [2.45, 2.75) is 6.92 Å². The van der Waals surface area contributed by atoms with Gasteiger partial charge in [-0.3, -0.25) is 10.1 Å². The average molecular weight is 309 g/mol. The van der Waals surface area contributed by atoms with Crippen LogP contribution in [0.25, 0.3) is 0 Å². The van der Waals surface area contributed by atoms with Crippen molar-refractivity contribution in [3.05, 3.63) is 56.7 Å². The minimum atomic E-state index is -1.20. The molecule has 0 aliphatic rings. The summed E-state index contributed by atoms with van der Waals surface area (Å²) in [4.78, 5) is 25.2. The molecule has 0 unspecified atom stereocenters. The maximum atomic E-state index is 11.2. The Morgan fingerprint density at radius 1 is 1.48 bits per heavy atom. The summed E-state index contributed by atoms with van der Waals surface area (Å²) in [6.45, 7) is 1.63. The number of rotatable bonds is 4. The van der Waals surface area contributed by atoms with Crippen LogP contribution < -0.4 is 4.74 Å². The molecule has 2 rings (SSSR count). The van der Waals surface area contributed by atoms with Crippen LogP contribution in [0.5, 0.6) is 11.6 Å². The molecule has 1 N–H and O–H groups in total. The number of aromatic nitrogens is 1. The molecule has 0 spiro atoms. The van der Waals surface area contributed by atoms with Crippen LogP contribution in [0.3, 0.4) is 0 Å². The minimum absolute atomic E-state index is 0.00271. The minimum Gasteiger partial charge on any atom is -0.478 e. The fourth-order valence-corrected chi connectivity index (χ4v) is 1.83. The highest BCUT2D eigenvalue weighted by atomic mass is 35.5. The second-order valence-electron chi connectivity index (χ2n) is 4.09. The van der Waals surface area contributed by atoms with E-state index >= 15 is 0 Å². The van der Waals surface area contributed by atoms with E-state index in [-0.39, 0.29) is 22.2 Å². The number of benzene rings is 1. The summed E-state index contributed by atoms with van der Waals surface area (Å²) in [5.74, 6) is -1.52. The lowest BCUT2D eigenvalue weighted by Crippen LogP contribution is -2.03. The van der Waals surface area contributed by atoms with E-state index in [0.717, 1.165) is 6.07 Å². The number of aryl methyl sites for hydroxylation is 1. The molecular weight excluding hydrogens is 300 g/mol. The molecule has 2 aromatic rings. The lowest BCUT2D eigenvalue weighted by atomic mass is 10.1. The number of carboxylic acids is 1. The van der Waals surface area contributed by atoms with Crippen LogP contribution in [-0.4, -0.2) is 21.0 Å². The van der Waals surface area contributed by atoms with Gasteiger partial charge in [-0.25, -0.2) is 9.78 Å². The number of nitrogens with zero attached hydrogens (tertiary/aromatic N) is 2. The molecule has 0 saturated heterocycles. The molecule has 0 saturated carbocycles. The van der Waals surface area contributed by atoms with Crippen LogP contribution in [0.2, 0.25) is 5.02 Å². The molecule has 0 fully saturated rings.